The standard InChI is InChI=1S/C16H22Cl2N4O4/c1-16(2,3)26-15(24)22-6-5-21(11(9-22)13(23)25-4)8-10-7-19-14(18)20-12(10)17/h7,11H,5-6,8-9H2,1-4H3. The van der Waals surface area contributed by atoms with Crippen LogP contribution in [0.1, 0.15) is 26.3 Å². The smallest absolute Gasteiger partial charge is 0.410 e. The van der Waals surface area contributed by atoms with Gasteiger partial charge < -0.3 is 14.4 Å². The third kappa shape index (κ3) is 5.43. The molecule has 0 aliphatic carbocycles. The first kappa shape index (κ1) is 20.7. The Kier molecular flexibility index (Phi) is 6.65. The van der Waals surface area contributed by atoms with Crippen LogP contribution in [0.3, 0.4) is 0 Å². The van der Waals surface area contributed by atoms with E-state index < -0.39 is 23.7 Å². The lowest BCUT2D eigenvalue weighted by molar-refractivity contribution is -0.149. The van der Waals surface area contributed by atoms with Crippen LogP contribution >= 0.6 is 23.2 Å². The van der Waals surface area contributed by atoms with Gasteiger partial charge in [0, 0.05) is 31.4 Å². The zero-order chi connectivity index (χ0) is 19.5. The minimum absolute atomic E-state index is 0.0537. The second-order valence-corrected chi connectivity index (χ2v) is 7.59. The van der Waals surface area contributed by atoms with Gasteiger partial charge in [-0.05, 0) is 32.4 Å². The summed E-state index contributed by atoms with van der Waals surface area (Å²) in [5.41, 5.74) is 0.0269. The Morgan fingerprint density at radius 3 is 2.58 bits per heavy atom. The minimum atomic E-state index is -0.645. The molecule has 1 atom stereocenters. The molecule has 0 aromatic carbocycles. The van der Waals surface area contributed by atoms with Crippen LogP contribution in [0.2, 0.25) is 10.4 Å². The average molecular weight is 405 g/mol. The van der Waals surface area contributed by atoms with Gasteiger partial charge in [0.25, 0.3) is 0 Å². The van der Waals surface area contributed by atoms with E-state index >= 15 is 0 Å². The van der Waals surface area contributed by atoms with E-state index in [2.05, 4.69) is 9.97 Å². The van der Waals surface area contributed by atoms with E-state index in [0.717, 1.165) is 0 Å². The number of methoxy groups -OCH3 is 1. The third-order valence-electron chi connectivity index (χ3n) is 3.77. The van der Waals surface area contributed by atoms with Crippen LogP contribution in [0.15, 0.2) is 6.20 Å². The lowest BCUT2D eigenvalue weighted by Crippen LogP contribution is -2.58. The predicted octanol–water partition coefficient (Wildman–Crippen LogP) is 2.38. The lowest BCUT2D eigenvalue weighted by Gasteiger charge is -2.40. The summed E-state index contributed by atoms with van der Waals surface area (Å²) in [6, 6.07) is -0.645. The highest BCUT2D eigenvalue weighted by Crippen LogP contribution is 2.21. The first-order valence-electron chi connectivity index (χ1n) is 8.07. The van der Waals surface area contributed by atoms with Crippen LogP contribution in [0.25, 0.3) is 0 Å². The zero-order valence-electron chi connectivity index (χ0n) is 15.2. The van der Waals surface area contributed by atoms with Gasteiger partial charge in [0.15, 0.2) is 0 Å². The van der Waals surface area contributed by atoms with Crippen LogP contribution in [0.5, 0.6) is 0 Å². The summed E-state index contributed by atoms with van der Waals surface area (Å²) in [6.45, 7) is 6.72. The first-order valence-corrected chi connectivity index (χ1v) is 8.83. The van der Waals surface area contributed by atoms with Crippen molar-refractivity contribution in [1.82, 2.24) is 19.8 Å². The monoisotopic (exact) mass is 404 g/mol. The van der Waals surface area contributed by atoms with Crippen molar-refractivity contribution >= 4 is 35.3 Å². The van der Waals surface area contributed by atoms with Crippen molar-refractivity contribution < 1.29 is 19.1 Å². The highest BCUT2D eigenvalue weighted by Gasteiger charge is 2.36. The van der Waals surface area contributed by atoms with Crippen LogP contribution in [0.4, 0.5) is 4.79 Å². The largest absolute Gasteiger partial charge is 0.468 e. The number of aromatic nitrogens is 2. The molecule has 1 aliphatic heterocycles. The Balaban J connectivity index is 2.13. The molecule has 26 heavy (non-hydrogen) atoms. The SMILES string of the molecule is COC(=O)C1CN(C(=O)OC(C)(C)C)CCN1Cc1cnc(Cl)nc1Cl. The van der Waals surface area contributed by atoms with Crippen LogP contribution in [-0.2, 0) is 20.8 Å². The number of piperazine rings is 1. The van der Waals surface area contributed by atoms with Crippen molar-refractivity contribution in [2.24, 2.45) is 0 Å². The fraction of sp³-hybridized carbons (Fsp3) is 0.625. The molecule has 0 radical (unpaired) electrons. The Bertz CT molecular complexity index is 681. The molecule has 1 unspecified atom stereocenters. The van der Waals surface area contributed by atoms with E-state index in [1.807, 2.05) is 4.90 Å². The summed E-state index contributed by atoms with van der Waals surface area (Å²) in [6.07, 6.45) is 1.06. The fourth-order valence-electron chi connectivity index (χ4n) is 2.55. The van der Waals surface area contributed by atoms with E-state index in [9.17, 15) is 9.59 Å². The molecule has 1 fully saturated rings. The molecule has 1 aliphatic rings. The number of amides is 1. The highest BCUT2D eigenvalue weighted by molar-refractivity contribution is 6.32. The summed E-state index contributed by atoms with van der Waals surface area (Å²) in [7, 11) is 1.31. The second-order valence-electron chi connectivity index (χ2n) is 6.89. The van der Waals surface area contributed by atoms with Crippen molar-refractivity contribution in [1.29, 1.82) is 0 Å². The van der Waals surface area contributed by atoms with Gasteiger partial charge in [-0.3, -0.25) is 9.69 Å². The molecule has 1 aromatic rings. The molecule has 1 amide bonds. The molecule has 0 saturated carbocycles. The molecular formula is C16H22Cl2N4O4. The molecule has 10 heteroatoms. The zero-order valence-corrected chi connectivity index (χ0v) is 16.7. The lowest BCUT2D eigenvalue weighted by atomic mass is 10.1. The second kappa shape index (κ2) is 8.37. The van der Waals surface area contributed by atoms with E-state index in [4.69, 9.17) is 32.7 Å². The molecule has 1 aromatic heterocycles. The summed E-state index contributed by atoms with van der Waals surface area (Å²) in [4.78, 5) is 35.7. The highest BCUT2D eigenvalue weighted by atomic mass is 35.5. The maximum atomic E-state index is 12.3. The molecule has 0 N–H and O–H groups in total. The van der Waals surface area contributed by atoms with Gasteiger partial charge in [-0.1, -0.05) is 11.6 Å². The normalized spacial score (nSPS) is 18.5. The van der Waals surface area contributed by atoms with Crippen molar-refractivity contribution in [3.05, 3.63) is 22.2 Å². The van der Waals surface area contributed by atoms with Gasteiger partial charge in [-0.25, -0.2) is 14.8 Å². The molecular weight excluding hydrogens is 383 g/mol. The average Bonchev–Trinajstić information content (AvgIpc) is 2.55. The van der Waals surface area contributed by atoms with Crippen molar-refractivity contribution in [2.45, 2.75) is 39.0 Å². The van der Waals surface area contributed by atoms with Gasteiger partial charge in [0.1, 0.15) is 16.8 Å². The fourth-order valence-corrected chi connectivity index (χ4v) is 2.92. The van der Waals surface area contributed by atoms with Gasteiger partial charge in [0.2, 0.25) is 5.28 Å². The van der Waals surface area contributed by atoms with E-state index in [1.54, 1.807) is 20.8 Å². The topological polar surface area (TPSA) is 84.9 Å². The maximum absolute atomic E-state index is 12.3. The summed E-state index contributed by atoms with van der Waals surface area (Å²) >= 11 is 11.8. The molecule has 0 bridgehead atoms. The van der Waals surface area contributed by atoms with Gasteiger partial charge in [-0.2, -0.15) is 0 Å². The molecule has 2 rings (SSSR count). The Morgan fingerprint density at radius 2 is 2.00 bits per heavy atom. The van der Waals surface area contributed by atoms with Crippen molar-refractivity contribution in [3.8, 4) is 0 Å². The Morgan fingerprint density at radius 1 is 1.31 bits per heavy atom. The number of carbonyl (C=O) groups is 2. The van der Waals surface area contributed by atoms with Crippen LogP contribution in [-0.4, -0.2) is 70.2 Å². The van der Waals surface area contributed by atoms with Crippen LogP contribution < -0.4 is 0 Å². The number of carbonyl (C=O) groups excluding carboxylic acids is 2. The van der Waals surface area contributed by atoms with Gasteiger partial charge in [-0.15, -0.1) is 0 Å². The summed E-state index contributed by atoms with van der Waals surface area (Å²) in [5.74, 6) is -0.440. The number of nitrogens with zero attached hydrogens (tertiary/aromatic N) is 4. The number of rotatable bonds is 3. The first-order chi connectivity index (χ1) is 12.1. The van der Waals surface area contributed by atoms with Crippen molar-refractivity contribution in [3.63, 3.8) is 0 Å². The molecule has 2 heterocycles. The third-order valence-corrected chi connectivity index (χ3v) is 4.28. The van der Waals surface area contributed by atoms with Gasteiger partial charge in [0.05, 0.1) is 13.7 Å². The molecule has 0 spiro atoms. The summed E-state index contributed by atoms with van der Waals surface area (Å²) < 4.78 is 10.3. The van der Waals surface area contributed by atoms with E-state index in [0.29, 0.717) is 25.2 Å². The molecule has 1 saturated heterocycles. The predicted molar refractivity (Wildman–Crippen MR) is 96.1 cm³/mol. The van der Waals surface area contributed by atoms with Gasteiger partial charge >= 0.3 is 12.1 Å². The molecule has 8 nitrogen and oxygen atoms in total. The number of ether oxygens (including phenoxy) is 2. The molecule has 144 valence electrons. The van der Waals surface area contributed by atoms with Crippen LogP contribution in [0, 0.1) is 0 Å². The Labute approximate surface area is 162 Å². The summed E-state index contributed by atoms with van der Waals surface area (Å²) in [5, 5.41) is 0.279. The van der Waals surface area contributed by atoms with E-state index in [-0.39, 0.29) is 17.0 Å². The minimum Gasteiger partial charge on any atom is -0.468 e. The van der Waals surface area contributed by atoms with Crippen molar-refractivity contribution in [2.75, 3.05) is 26.7 Å². The van der Waals surface area contributed by atoms with E-state index in [1.165, 1.54) is 18.2 Å². The quantitative estimate of drug-likeness (QED) is 0.434. The number of hydrogen-bond acceptors (Lipinski definition) is 7. The Hall–Kier alpha value is -1.64. The number of hydrogen-bond donors (Lipinski definition) is 0. The number of halogens is 2. The number of esters is 1. The maximum Gasteiger partial charge on any atom is 0.410 e.